The summed E-state index contributed by atoms with van der Waals surface area (Å²) in [5, 5.41) is 5.02. The Morgan fingerprint density at radius 3 is 2.25 bits per heavy atom. The molecule has 0 spiro atoms. The van der Waals surface area contributed by atoms with Crippen molar-refractivity contribution in [2.75, 3.05) is 56.6 Å². The predicted molar refractivity (Wildman–Crippen MR) is 209 cm³/mol. The number of benzene rings is 2. The van der Waals surface area contributed by atoms with Gasteiger partial charge in [-0.3, -0.25) is 14.4 Å². The highest BCUT2D eigenvalue weighted by atomic mass is 19.4. The van der Waals surface area contributed by atoms with Crippen LogP contribution in [0, 0.1) is 0 Å². The second kappa shape index (κ2) is 20.5. The van der Waals surface area contributed by atoms with Gasteiger partial charge in [-0.25, -0.2) is 14.8 Å². The number of amides is 4. The van der Waals surface area contributed by atoms with Gasteiger partial charge in [0.25, 0.3) is 5.91 Å². The number of aromatic nitrogens is 3. The van der Waals surface area contributed by atoms with Gasteiger partial charge in [0.1, 0.15) is 30.0 Å². The molecule has 0 bridgehead atoms. The molecule has 0 saturated carbocycles. The summed E-state index contributed by atoms with van der Waals surface area (Å²) in [5.41, 5.74) is 2.07. The highest BCUT2D eigenvalue weighted by molar-refractivity contribution is 6.05. The van der Waals surface area contributed by atoms with Crippen LogP contribution in [-0.4, -0.2) is 102 Å². The first-order valence-electron chi connectivity index (χ1n) is 18.5. The summed E-state index contributed by atoms with van der Waals surface area (Å²) in [7, 11) is 1.20. The molecule has 1 unspecified atom stereocenters. The number of aromatic amines is 1. The molecule has 4 amide bonds. The van der Waals surface area contributed by atoms with Gasteiger partial charge in [0, 0.05) is 43.9 Å². The van der Waals surface area contributed by atoms with Gasteiger partial charge < -0.3 is 39.8 Å². The van der Waals surface area contributed by atoms with Crippen molar-refractivity contribution < 1.29 is 41.8 Å². The minimum absolute atomic E-state index is 0.0618. The Labute approximate surface area is 329 Å². The van der Waals surface area contributed by atoms with E-state index in [1.165, 1.54) is 36.8 Å². The average Bonchev–Trinajstić information content (AvgIpc) is 3.92. The number of rotatable bonds is 10. The van der Waals surface area contributed by atoms with E-state index in [2.05, 4.69) is 48.9 Å². The van der Waals surface area contributed by atoms with Crippen LogP contribution in [0.5, 0.6) is 5.75 Å². The van der Waals surface area contributed by atoms with Crippen molar-refractivity contribution in [3.8, 4) is 28.1 Å². The summed E-state index contributed by atoms with van der Waals surface area (Å²) >= 11 is 0. The number of alkyl carbamates (subject to hydrolysis) is 1. The third-order valence-electron chi connectivity index (χ3n) is 8.49. The topological polar surface area (TPSA) is 162 Å². The molecule has 14 nitrogen and oxygen atoms in total. The molecular formula is C40H47F3N8O6. The van der Waals surface area contributed by atoms with Crippen LogP contribution in [0.1, 0.15) is 56.3 Å². The van der Waals surface area contributed by atoms with Crippen molar-refractivity contribution in [2.45, 2.75) is 46.5 Å². The maximum absolute atomic E-state index is 13.5. The molecule has 17 heteroatoms. The number of anilines is 2. The predicted octanol–water partition coefficient (Wildman–Crippen LogP) is 6.81. The number of carbonyl (C=O) groups excluding carboxylic acids is 4. The Balaban J connectivity index is 0.00000137. The van der Waals surface area contributed by atoms with E-state index in [4.69, 9.17) is 0 Å². The van der Waals surface area contributed by atoms with Crippen LogP contribution in [0.3, 0.4) is 0 Å². The SMILES string of the molecule is CC.CCC.COC(=O)NCC(=O)N1CC=CC1c1ncc(-c2ccc(-c3ccc(C(=O)Nc4ccc(N5CCN(C=O)CC5)nc4)cc3OC(F)(F)F)cc2)[nH]1. The van der Waals surface area contributed by atoms with E-state index in [-0.39, 0.29) is 23.6 Å². The van der Waals surface area contributed by atoms with E-state index in [0.717, 1.165) is 12.5 Å². The lowest BCUT2D eigenvalue weighted by Gasteiger charge is -2.33. The Kier molecular flexibility index (Phi) is 15.6. The lowest BCUT2D eigenvalue weighted by molar-refractivity contribution is -0.274. The number of piperazine rings is 1. The third-order valence-corrected chi connectivity index (χ3v) is 8.49. The van der Waals surface area contributed by atoms with E-state index in [1.54, 1.807) is 47.5 Å². The monoisotopic (exact) mass is 792 g/mol. The van der Waals surface area contributed by atoms with Crippen molar-refractivity contribution in [3.63, 3.8) is 0 Å². The maximum Gasteiger partial charge on any atom is 0.573 e. The number of carbonyl (C=O) groups is 4. The molecule has 1 saturated heterocycles. The minimum Gasteiger partial charge on any atom is -0.453 e. The molecule has 4 aromatic rings. The molecule has 0 radical (unpaired) electrons. The normalized spacial score (nSPS) is 14.7. The number of nitrogens with zero attached hydrogens (tertiary/aromatic N) is 5. The maximum atomic E-state index is 13.5. The van der Waals surface area contributed by atoms with Gasteiger partial charge in [0.05, 0.1) is 30.9 Å². The van der Waals surface area contributed by atoms with Crippen LogP contribution in [0.15, 0.2) is 79.1 Å². The smallest absolute Gasteiger partial charge is 0.453 e. The first-order valence-corrected chi connectivity index (χ1v) is 18.5. The van der Waals surface area contributed by atoms with Crippen molar-refractivity contribution in [2.24, 2.45) is 0 Å². The molecule has 3 N–H and O–H groups in total. The number of alkyl halides is 3. The van der Waals surface area contributed by atoms with E-state index in [1.807, 2.05) is 30.9 Å². The first-order chi connectivity index (χ1) is 27.4. The van der Waals surface area contributed by atoms with Gasteiger partial charge in [-0.2, -0.15) is 0 Å². The van der Waals surface area contributed by atoms with Crippen molar-refractivity contribution in [3.05, 3.63) is 90.5 Å². The minimum atomic E-state index is -5.02. The Hall–Kier alpha value is -6.39. The molecule has 2 aliphatic heterocycles. The lowest BCUT2D eigenvalue weighted by atomic mass is 10.00. The van der Waals surface area contributed by atoms with E-state index < -0.39 is 30.2 Å². The number of imidazole rings is 1. The van der Waals surface area contributed by atoms with Crippen LogP contribution in [0.2, 0.25) is 0 Å². The summed E-state index contributed by atoms with van der Waals surface area (Å²) in [4.78, 5) is 65.3. The molecule has 2 aromatic heterocycles. The van der Waals surface area contributed by atoms with Gasteiger partial charge >= 0.3 is 12.5 Å². The largest absolute Gasteiger partial charge is 0.573 e. The first kappa shape index (κ1) is 43.3. The van der Waals surface area contributed by atoms with Crippen LogP contribution in [0.4, 0.5) is 29.5 Å². The number of ether oxygens (including phenoxy) is 2. The average molecular weight is 793 g/mol. The summed E-state index contributed by atoms with van der Waals surface area (Å²) in [6, 6.07) is 13.3. The van der Waals surface area contributed by atoms with E-state index in [0.29, 0.717) is 66.9 Å². The molecule has 4 heterocycles. The quantitative estimate of drug-likeness (QED) is 0.116. The highest BCUT2D eigenvalue weighted by Crippen LogP contribution is 2.36. The second-order valence-corrected chi connectivity index (χ2v) is 12.5. The van der Waals surface area contributed by atoms with Crippen molar-refractivity contribution in [1.82, 2.24) is 30.1 Å². The zero-order valence-electron chi connectivity index (χ0n) is 32.4. The molecule has 304 valence electrons. The van der Waals surface area contributed by atoms with Crippen molar-refractivity contribution in [1.29, 1.82) is 0 Å². The number of hydrogen-bond donors (Lipinski definition) is 3. The molecule has 2 aliphatic rings. The molecule has 2 aromatic carbocycles. The molecule has 6 rings (SSSR count). The molecular weight excluding hydrogens is 745 g/mol. The zero-order valence-corrected chi connectivity index (χ0v) is 32.4. The Morgan fingerprint density at radius 1 is 0.947 bits per heavy atom. The summed E-state index contributed by atoms with van der Waals surface area (Å²) < 4.78 is 49.4. The molecule has 57 heavy (non-hydrogen) atoms. The van der Waals surface area contributed by atoms with Crippen LogP contribution >= 0.6 is 0 Å². The second-order valence-electron chi connectivity index (χ2n) is 12.5. The Morgan fingerprint density at radius 2 is 1.63 bits per heavy atom. The zero-order chi connectivity index (χ0) is 41.5. The Bertz CT molecular complexity index is 1980. The van der Waals surface area contributed by atoms with Gasteiger partial charge in [-0.05, 0) is 41.5 Å². The van der Waals surface area contributed by atoms with Crippen LogP contribution in [-0.2, 0) is 14.3 Å². The van der Waals surface area contributed by atoms with Gasteiger partial charge in [0.15, 0.2) is 0 Å². The van der Waals surface area contributed by atoms with E-state index in [9.17, 15) is 32.3 Å². The van der Waals surface area contributed by atoms with E-state index >= 15 is 0 Å². The standard InChI is InChI=1S/C35H33F3N8O6.C3H8.C2H6/c1-51-34(50)41-20-31(48)46-12-2-3-28(46)32-40-19-27(43-32)23-6-4-22(5-7-23)26-10-8-24(17-29(26)52-35(36,37)38)33(49)42-25-9-11-30(39-18-25)45-15-13-44(21-47)14-16-45;1-3-2;1-2/h2-11,17-19,21,28H,12-16,20H2,1H3,(H,40,43)(H,41,50)(H,42,49);3H2,1-2H3;1-2H3. The lowest BCUT2D eigenvalue weighted by Crippen LogP contribution is -2.46. The highest BCUT2D eigenvalue weighted by Gasteiger charge is 2.33. The number of nitrogens with one attached hydrogen (secondary N) is 3. The number of halogens is 3. The van der Waals surface area contributed by atoms with Gasteiger partial charge in [-0.15, -0.1) is 13.2 Å². The van der Waals surface area contributed by atoms with Crippen LogP contribution in [0.25, 0.3) is 22.4 Å². The molecule has 0 aliphatic carbocycles. The van der Waals surface area contributed by atoms with Gasteiger partial charge in [-0.1, -0.05) is 70.5 Å². The van der Waals surface area contributed by atoms with Crippen LogP contribution < -0.4 is 20.3 Å². The number of H-pyrrole nitrogens is 1. The summed E-state index contributed by atoms with van der Waals surface area (Å²) in [6.07, 6.45) is 2.96. The number of methoxy groups -OCH3 is 1. The number of pyridine rings is 1. The molecule has 1 fully saturated rings. The summed E-state index contributed by atoms with van der Waals surface area (Å²) in [6.45, 7) is 10.7. The summed E-state index contributed by atoms with van der Waals surface area (Å²) in [5.74, 6) is -0.398. The fraction of sp³-hybridized carbons (Fsp3) is 0.350. The van der Waals surface area contributed by atoms with Gasteiger partial charge in [0.2, 0.25) is 12.3 Å². The third kappa shape index (κ3) is 11.8. The van der Waals surface area contributed by atoms with Crippen molar-refractivity contribution >= 4 is 35.8 Å². The molecule has 1 atom stereocenters. The number of hydrogen-bond acceptors (Lipinski definition) is 9. The fourth-order valence-electron chi connectivity index (χ4n) is 5.82. The fourth-order valence-corrected chi connectivity index (χ4v) is 5.82.